The molecule has 0 aliphatic rings. The summed E-state index contributed by atoms with van der Waals surface area (Å²) in [6.45, 7) is 8.24. The molecule has 2 aromatic carbocycles. The average molecular weight is 258 g/mol. The lowest BCUT2D eigenvalue weighted by atomic mass is 9.86. The van der Waals surface area contributed by atoms with E-state index in [-0.39, 0.29) is 5.41 Å². The van der Waals surface area contributed by atoms with Gasteiger partial charge in [-0.1, -0.05) is 56.7 Å². The summed E-state index contributed by atoms with van der Waals surface area (Å²) in [7, 11) is 0. The van der Waals surface area contributed by atoms with Crippen molar-refractivity contribution < 1.29 is 10.2 Å². The van der Waals surface area contributed by atoms with E-state index in [9.17, 15) is 5.11 Å². The SMILES string of the molecule is CC(C)(C)c1ccccc1O.Cc1ccc(O)cc1. The molecule has 0 saturated heterocycles. The zero-order valence-electron chi connectivity index (χ0n) is 12.0. The number of hydrogen-bond acceptors (Lipinski definition) is 2. The van der Waals surface area contributed by atoms with Gasteiger partial charge >= 0.3 is 0 Å². The van der Waals surface area contributed by atoms with Gasteiger partial charge in [0, 0.05) is 0 Å². The Kier molecular flexibility index (Phi) is 4.99. The Morgan fingerprint density at radius 1 is 0.789 bits per heavy atom. The van der Waals surface area contributed by atoms with Crippen molar-refractivity contribution in [1.82, 2.24) is 0 Å². The predicted octanol–water partition coefficient (Wildman–Crippen LogP) is 4.39. The molecule has 0 aromatic heterocycles. The monoisotopic (exact) mass is 258 g/mol. The zero-order valence-corrected chi connectivity index (χ0v) is 12.0. The molecule has 0 atom stereocenters. The minimum Gasteiger partial charge on any atom is -0.508 e. The Morgan fingerprint density at radius 3 is 1.68 bits per heavy atom. The Morgan fingerprint density at radius 2 is 1.32 bits per heavy atom. The smallest absolute Gasteiger partial charge is 0.119 e. The van der Waals surface area contributed by atoms with Crippen molar-refractivity contribution in [1.29, 1.82) is 0 Å². The Hall–Kier alpha value is -1.96. The molecule has 0 heterocycles. The first-order chi connectivity index (χ1) is 8.80. The molecule has 0 bridgehead atoms. The van der Waals surface area contributed by atoms with Crippen LogP contribution in [-0.2, 0) is 5.41 Å². The number of benzene rings is 2. The van der Waals surface area contributed by atoms with Crippen molar-refractivity contribution in [2.24, 2.45) is 0 Å². The van der Waals surface area contributed by atoms with Crippen LogP contribution in [0.5, 0.6) is 11.5 Å². The molecule has 2 aromatic rings. The second-order valence-electron chi connectivity index (χ2n) is 5.60. The largest absolute Gasteiger partial charge is 0.508 e. The van der Waals surface area contributed by atoms with Crippen LogP contribution >= 0.6 is 0 Å². The van der Waals surface area contributed by atoms with Gasteiger partial charge in [-0.25, -0.2) is 0 Å². The average Bonchev–Trinajstić information content (AvgIpc) is 2.33. The molecule has 2 rings (SSSR count). The molecular weight excluding hydrogens is 236 g/mol. The van der Waals surface area contributed by atoms with Crippen molar-refractivity contribution >= 4 is 0 Å². The second kappa shape index (κ2) is 6.28. The van der Waals surface area contributed by atoms with Crippen molar-refractivity contribution in [3.05, 3.63) is 59.7 Å². The summed E-state index contributed by atoms with van der Waals surface area (Å²) in [5.41, 5.74) is 2.20. The molecule has 2 N–H and O–H groups in total. The number of aromatic hydroxyl groups is 2. The Balaban J connectivity index is 0.000000200. The molecule has 0 unspecified atom stereocenters. The topological polar surface area (TPSA) is 40.5 Å². The van der Waals surface area contributed by atoms with Gasteiger partial charge in [-0.15, -0.1) is 0 Å². The first-order valence-electron chi connectivity index (χ1n) is 6.35. The zero-order chi connectivity index (χ0) is 14.5. The molecule has 0 aliphatic carbocycles. The summed E-state index contributed by atoms with van der Waals surface area (Å²) in [5, 5.41) is 18.2. The van der Waals surface area contributed by atoms with Crippen LogP contribution in [0.1, 0.15) is 31.9 Å². The third-order valence-corrected chi connectivity index (χ3v) is 2.75. The summed E-state index contributed by atoms with van der Waals surface area (Å²) in [4.78, 5) is 0. The van der Waals surface area contributed by atoms with Gasteiger partial charge in [-0.3, -0.25) is 0 Å². The van der Waals surface area contributed by atoms with Crippen LogP contribution in [-0.4, -0.2) is 10.2 Å². The highest BCUT2D eigenvalue weighted by molar-refractivity contribution is 5.36. The van der Waals surface area contributed by atoms with Crippen molar-refractivity contribution in [2.45, 2.75) is 33.1 Å². The fourth-order valence-corrected chi connectivity index (χ4v) is 1.65. The van der Waals surface area contributed by atoms with E-state index in [0.717, 1.165) is 5.56 Å². The molecule has 2 nitrogen and oxygen atoms in total. The number of hydrogen-bond donors (Lipinski definition) is 2. The van der Waals surface area contributed by atoms with Gasteiger partial charge in [0.25, 0.3) is 0 Å². The Labute approximate surface area is 115 Å². The van der Waals surface area contributed by atoms with Gasteiger partial charge in [0.2, 0.25) is 0 Å². The van der Waals surface area contributed by atoms with E-state index < -0.39 is 0 Å². The maximum Gasteiger partial charge on any atom is 0.119 e. The van der Waals surface area contributed by atoms with Crippen LogP contribution in [0.4, 0.5) is 0 Å². The van der Waals surface area contributed by atoms with Crippen molar-refractivity contribution in [3.8, 4) is 11.5 Å². The number of rotatable bonds is 0. The summed E-state index contributed by atoms with van der Waals surface area (Å²) >= 11 is 0. The number of aryl methyl sites for hydroxylation is 1. The van der Waals surface area contributed by atoms with E-state index in [4.69, 9.17) is 5.11 Å². The molecule has 0 aliphatic heterocycles. The van der Waals surface area contributed by atoms with E-state index in [1.807, 2.05) is 37.3 Å². The summed E-state index contributed by atoms with van der Waals surface area (Å²) in [6.07, 6.45) is 0. The minimum atomic E-state index is 0.0331. The summed E-state index contributed by atoms with van der Waals surface area (Å²) in [6, 6.07) is 14.6. The minimum absolute atomic E-state index is 0.0331. The molecule has 0 fully saturated rings. The van der Waals surface area contributed by atoms with Crippen LogP contribution in [0.3, 0.4) is 0 Å². The van der Waals surface area contributed by atoms with Crippen LogP contribution < -0.4 is 0 Å². The van der Waals surface area contributed by atoms with Gasteiger partial charge in [-0.2, -0.15) is 0 Å². The first-order valence-corrected chi connectivity index (χ1v) is 6.35. The molecule has 0 spiro atoms. The van der Waals surface area contributed by atoms with Crippen LogP contribution in [0.15, 0.2) is 48.5 Å². The Bertz CT molecular complexity index is 487. The van der Waals surface area contributed by atoms with E-state index >= 15 is 0 Å². The lowest BCUT2D eigenvalue weighted by molar-refractivity contribution is 0.447. The molecular formula is C17H22O2. The van der Waals surface area contributed by atoms with E-state index in [1.54, 1.807) is 18.2 Å². The maximum atomic E-state index is 9.45. The highest BCUT2D eigenvalue weighted by Gasteiger charge is 2.16. The highest BCUT2D eigenvalue weighted by atomic mass is 16.3. The van der Waals surface area contributed by atoms with E-state index in [1.165, 1.54) is 5.56 Å². The molecule has 19 heavy (non-hydrogen) atoms. The predicted molar refractivity (Wildman–Crippen MR) is 79.7 cm³/mol. The molecule has 0 saturated carbocycles. The number of phenols is 2. The maximum absolute atomic E-state index is 9.45. The first kappa shape index (κ1) is 15.1. The summed E-state index contributed by atoms with van der Waals surface area (Å²) in [5.74, 6) is 0.718. The third-order valence-electron chi connectivity index (χ3n) is 2.75. The van der Waals surface area contributed by atoms with Crippen molar-refractivity contribution in [3.63, 3.8) is 0 Å². The standard InChI is InChI=1S/C10H14O.C7H8O/c1-10(2,3)8-6-4-5-7-9(8)11;1-6-2-4-7(8)5-3-6/h4-7,11H,1-3H3;2-5,8H,1H3. The van der Waals surface area contributed by atoms with Crippen LogP contribution in [0, 0.1) is 6.92 Å². The second-order valence-corrected chi connectivity index (χ2v) is 5.60. The fourth-order valence-electron chi connectivity index (χ4n) is 1.65. The highest BCUT2D eigenvalue weighted by Crippen LogP contribution is 2.29. The van der Waals surface area contributed by atoms with Gasteiger partial charge in [0.05, 0.1) is 0 Å². The quantitative estimate of drug-likeness (QED) is 0.735. The van der Waals surface area contributed by atoms with Gasteiger partial charge in [-0.05, 0) is 36.1 Å². The number of phenolic OH excluding ortho intramolecular Hbond substituents is 2. The fraction of sp³-hybridized carbons (Fsp3) is 0.294. The van der Waals surface area contributed by atoms with Gasteiger partial charge in [0.15, 0.2) is 0 Å². The lowest BCUT2D eigenvalue weighted by Crippen LogP contribution is -2.10. The lowest BCUT2D eigenvalue weighted by Gasteiger charge is -2.19. The summed E-state index contributed by atoms with van der Waals surface area (Å²) < 4.78 is 0. The van der Waals surface area contributed by atoms with E-state index in [2.05, 4.69) is 20.8 Å². The third kappa shape index (κ3) is 5.04. The molecule has 2 heteroatoms. The van der Waals surface area contributed by atoms with Crippen LogP contribution in [0.2, 0.25) is 0 Å². The van der Waals surface area contributed by atoms with Gasteiger partial charge < -0.3 is 10.2 Å². The van der Waals surface area contributed by atoms with Gasteiger partial charge in [0.1, 0.15) is 11.5 Å². The molecule has 0 amide bonds. The normalized spacial score (nSPS) is 10.5. The van der Waals surface area contributed by atoms with E-state index in [0.29, 0.717) is 11.5 Å². The number of para-hydroxylation sites is 1. The van der Waals surface area contributed by atoms with Crippen molar-refractivity contribution in [2.75, 3.05) is 0 Å². The molecule has 102 valence electrons. The molecule has 0 radical (unpaired) electrons. The van der Waals surface area contributed by atoms with Crippen LogP contribution in [0.25, 0.3) is 0 Å².